The highest BCUT2D eigenvalue weighted by Gasteiger charge is 2.16. The van der Waals surface area contributed by atoms with Gasteiger partial charge in [-0.25, -0.2) is 0 Å². The molecule has 1 N–H and O–H groups in total. The Morgan fingerprint density at radius 3 is 2.95 bits per heavy atom. The summed E-state index contributed by atoms with van der Waals surface area (Å²) in [7, 11) is 1.70. The second kappa shape index (κ2) is 7.28. The van der Waals surface area contributed by atoms with Gasteiger partial charge in [-0.3, -0.25) is 5.43 Å². The van der Waals surface area contributed by atoms with Gasteiger partial charge in [-0.2, -0.15) is 15.6 Å². The molecule has 0 unspecified atom stereocenters. The van der Waals surface area contributed by atoms with Crippen LogP contribution in [0.4, 0.5) is 11.4 Å². The van der Waals surface area contributed by atoms with E-state index in [1.165, 1.54) is 5.56 Å². The van der Waals surface area contributed by atoms with Crippen molar-refractivity contribution in [3.63, 3.8) is 0 Å². The van der Waals surface area contributed by atoms with Crippen LogP contribution in [0.5, 0.6) is 0 Å². The van der Waals surface area contributed by atoms with Gasteiger partial charge in [0.25, 0.3) is 0 Å². The topological polar surface area (TPSA) is 84.4 Å². The SMILES string of the molecule is COCCN1CCCc2ccc(NN=C(C#N)C#N)cc21. The van der Waals surface area contributed by atoms with Gasteiger partial charge in [-0.1, -0.05) is 6.07 Å². The number of nitrogens with zero attached hydrogens (tertiary/aromatic N) is 4. The number of hydrogen-bond acceptors (Lipinski definition) is 6. The predicted octanol–water partition coefficient (Wildman–Crippen LogP) is 1.90. The first kappa shape index (κ1) is 14.8. The van der Waals surface area contributed by atoms with E-state index in [1.54, 1.807) is 19.2 Å². The molecule has 2 rings (SSSR count). The number of aryl methyl sites for hydroxylation is 1. The second-order valence-corrected chi connectivity index (χ2v) is 4.72. The molecule has 1 aromatic rings. The van der Waals surface area contributed by atoms with Crippen LogP contribution < -0.4 is 10.3 Å². The molecule has 0 aliphatic carbocycles. The second-order valence-electron chi connectivity index (χ2n) is 4.72. The quantitative estimate of drug-likeness (QED) is 0.659. The lowest BCUT2D eigenvalue weighted by molar-refractivity contribution is 0.205. The molecular formula is C15H17N5O. The van der Waals surface area contributed by atoms with Crippen LogP contribution in [-0.4, -0.2) is 32.5 Å². The summed E-state index contributed by atoms with van der Waals surface area (Å²) in [6.07, 6.45) is 2.19. The van der Waals surface area contributed by atoms with Gasteiger partial charge < -0.3 is 9.64 Å². The maximum absolute atomic E-state index is 8.67. The van der Waals surface area contributed by atoms with E-state index in [9.17, 15) is 0 Å². The van der Waals surface area contributed by atoms with Gasteiger partial charge in [0.1, 0.15) is 12.1 Å². The van der Waals surface area contributed by atoms with E-state index in [4.69, 9.17) is 15.3 Å². The number of rotatable bonds is 5. The highest BCUT2D eigenvalue weighted by atomic mass is 16.5. The summed E-state index contributed by atoms with van der Waals surface area (Å²) in [5, 5.41) is 21.1. The summed E-state index contributed by atoms with van der Waals surface area (Å²) in [6.45, 7) is 2.53. The van der Waals surface area contributed by atoms with Gasteiger partial charge in [0.15, 0.2) is 0 Å². The number of anilines is 2. The zero-order chi connectivity index (χ0) is 15.1. The number of hydrazone groups is 1. The maximum Gasteiger partial charge on any atom is 0.237 e. The van der Waals surface area contributed by atoms with Gasteiger partial charge in [-0.05, 0) is 30.5 Å². The number of fused-ring (bicyclic) bond motifs is 1. The molecule has 0 spiro atoms. The summed E-state index contributed by atoms with van der Waals surface area (Å²) in [4.78, 5) is 2.28. The molecule has 21 heavy (non-hydrogen) atoms. The summed E-state index contributed by atoms with van der Waals surface area (Å²) in [5.41, 5.74) is 5.79. The smallest absolute Gasteiger partial charge is 0.237 e. The van der Waals surface area contributed by atoms with Crippen LogP contribution in [0.15, 0.2) is 23.3 Å². The molecule has 0 saturated heterocycles. The Kier molecular flexibility index (Phi) is 5.14. The number of benzene rings is 1. The number of nitrogens with one attached hydrogen (secondary N) is 1. The highest BCUT2D eigenvalue weighted by molar-refractivity contribution is 6.10. The van der Waals surface area contributed by atoms with Crippen LogP contribution in [0.25, 0.3) is 0 Å². The number of methoxy groups -OCH3 is 1. The van der Waals surface area contributed by atoms with E-state index >= 15 is 0 Å². The molecule has 0 fully saturated rings. The molecule has 1 aromatic carbocycles. The standard InChI is InChI=1S/C15H17N5O/c1-21-8-7-20-6-2-3-12-4-5-13(9-15(12)20)18-19-14(10-16)11-17/h4-5,9,18H,2-3,6-8H2,1H3. The van der Waals surface area contributed by atoms with Gasteiger partial charge in [0.2, 0.25) is 5.71 Å². The molecule has 1 aliphatic heterocycles. The highest BCUT2D eigenvalue weighted by Crippen LogP contribution is 2.29. The number of nitriles is 2. The molecule has 0 radical (unpaired) electrons. The normalized spacial score (nSPS) is 12.8. The third kappa shape index (κ3) is 3.71. The zero-order valence-corrected chi connectivity index (χ0v) is 12.0. The van der Waals surface area contributed by atoms with Gasteiger partial charge in [0, 0.05) is 25.9 Å². The van der Waals surface area contributed by atoms with Crippen molar-refractivity contribution >= 4 is 17.1 Å². The van der Waals surface area contributed by atoms with Crippen molar-refractivity contribution in [1.29, 1.82) is 10.5 Å². The van der Waals surface area contributed by atoms with Crippen molar-refractivity contribution < 1.29 is 4.74 Å². The molecule has 6 nitrogen and oxygen atoms in total. The minimum atomic E-state index is -0.191. The van der Waals surface area contributed by atoms with Crippen LogP contribution >= 0.6 is 0 Å². The van der Waals surface area contributed by atoms with Crippen molar-refractivity contribution in [2.24, 2.45) is 5.10 Å². The van der Waals surface area contributed by atoms with E-state index < -0.39 is 0 Å². The third-order valence-corrected chi connectivity index (χ3v) is 3.37. The van der Waals surface area contributed by atoms with Crippen molar-refractivity contribution in [2.75, 3.05) is 37.1 Å². The first-order valence-electron chi connectivity index (χ1n) is 6.79. The van der Waals surface area contributed by atoms with Gasteiger partial charge in [0.05, 0.1) is 12.3 Å². The van der Waals surface area contributed by atoms with E-state index in [0.29, 0.717) is 6.61 Å². The Labute approximate surface area is 124 Å². The average Bonchev–Trinajstić information content (AvgIpc) is 2.53. The zero-order valence-electron chi connectivity index (χ0n) is 12.0. The molecule has 6 heteroatoms. The van der Waals surface area contributed by atoms with Crippen LogP contribution in [0.3, 0.4) is 0 Å². The largest absolute Gasteiger partial charge is 0.383 e. The van der Waals surface area contributed by atoms with Crippen molar-refractivity contribution in [3.8, 4) is 12.1 Å². The molecule has 0 bridgehead atoms. The molecule has 1 heterocycles. The summed E-state index contributed by atoms with van der Waals surface area (Å²) < 4.78 is 5.15. The maximum atomic E-state index is 8.67. The van der Waals surface area contributed by atoms with E-state index in [1.807, 2.05) is 12.1 Å². The molecule has 108 valence electrons. The van der Waals surface area contributed by atoms with Crippen LogP contribution in [0.2, 0.25) is 0 Å². The van der Waals surface area contributed by atoms with Crippen LogP contribution in [0.1, 0.15) is 12.0 Å². The number of hydrogen-bond donors (Lipinski definition) is 1. The Bertz CT molecular complexity index is 595. The van der Waals surface area contributed by atoms with Gasteiger partial charge >= 0.3 is 0 Å². The fourth-order valence-corrected chi connectivity index (χ4v) is 2.35. The van der Waals surface area contributed by atoms with Gasteiger partial charge in [-0.15, -0.1) is 0 Å². The molecule has 0 aromatic heterocycles. The first-order valence-corrected chi connectivity index (χ1v) is 6.79. The molecule has 0 amide bonds. The predicted molar refractivity (Wildman–Crippen MR) is 81.1 cm³/mol. The monoisotopic (exact) mass is 283 g/mol. The summed E-state index contributed by atoms with van der Waals surface area (Å²) in [5.74, 6) is 0. The fraction of sp³-hybridized carbons (Fsp3) is 0.400. The Hall–Kier alpha value is -2.57. The fourth-order valence-electron chi connectivity index (χ4n) is 2.35. The average molecular weight is 283 g/mol. The van der Waals surface area contributed by atoms with E-state index in [2.05, 4.69) is 21.5 Å². The summed E-state index contributed by atoms with van der Waals surface area (Å²) >= 11 is 0. The minimum absolute atomic E-state index is 0.191. The Balaban J connectivity index is 2.18. The molecule has 0 atom stereocenters. The third-order valence-electron chi connectivity index (χ3n) is 3.37. The number of ether oxygens (including phenoxy) is 1. The molecule has 1 aliphatic rings. The summed E-state index contributed by atoms with van der Waals surface area (Å²) in [6, 6.07) is 9.41. The lowest BCUT2D eigenvalue weighted by atomic mass is 10.0. The van der Waals surface area contributed by atoms with Crippen LogP contribution in [0, 0.1) is 22.7 Å². The van der Waals surface area contributed by atoms with E-state index in [0.717, 1.165) is 37.3 Å². The lowest BCUT2D eigenvalue weighted by Gasteiger charge is -2.31. The van der Waals surface area contributed by atoms with E-state index in [-0.39, 0.29) is 5.71 Å². The molecular weight excluding hydrogens is 266 g/mol. The first-order chi connectivity index (χ1) is 10.3. The van der Waals surface area contributed by atoms with Crippen molar-refractivity contribution in [2.45, 2.75) is 12.8 Å². The molecule has 0 saturated carbocycles. The van der Waals surface area contributed by atoms with Crippen molar-refractivity contribution in [3.05, 3.63) is 23.8 Å². The van der Waals surface area contributed by atoms with Crippen LogP contribution in [-0.2, 0) is 11.2 Å². The Morgan fingerprint density at radius 1 is 1.43 bits per heavy atom. The van der Waals surface area contributed by atoms with Crippen molar-refractivity contribution in [1.82, 2.24) is 0 Å². The lowest BCUT2D eigenvalue weighted by Crippen LogP contribution is -2.32. The minimum Gasteiger partial charge on any atom is -0.383 e. The Morgan fingerprint density at radius 2 is 2.24 bits per heavy atom.